The number of likely N-dealkylation sites (N-methyl/N-ethyl adjacent to an activating group) is 1. The molecule has 0 aliphatic carbocycles. The smallest absolute Gasteiger partial charge is 0.261 e. The lowest BCUT2D eigenvalue weighted by Crippen LogP contribution is -2.33. The van der Waals surface area contributed by atoms with Gasteiger partial charge in [0.1, 0.15) is 5.75 Å². The largest absolute Gasteiger partial charge is 0.481 e. The second-order valence-electron chi connectivity index (χ2n) is 6.36. The molecule has 0 heterocycles. The summed E-state index contributed by atoms with van der Waals surface area (Å²) in [5.74, 6) is 0.144. The molecule has 3 aromatic carbocycles. The number of hydrogen-bond donors (Lipinski definition) is 2. The van der Waals surface area contributed by atoms with E-state index in [1.807, 2.05) is 42.5 Å². The Hall–Kier alpha value is -2.97. The van der Waals surface area contributed by atoms with E-state index < -0.39 is 16.1 Å². The Morgan fingerprint density at radius 3 is 2.23 bits per heavy atom. The van der Waals surface area contributed by atoms with Crippen LogP contribution in [0.25, 0.3) is 0 Å². The summed E-state index contributed by atoms with van der Waals surface area (Å²) < 4.78 is 33.9. The van der Waals surface area contributed by atoms with Crippen molar-refractivity contribution in [3.8, 4) is 5.75 Å². The zero-order valence-electron chi connectivity index (χ0n) is 16.5. The first-order chi connectivity index (χ1) is 14.4. The van der Waals surface area contributed by atoms with Crippen molar-refractivity contribution in [2.75, 3.05) is 11.8 Å². The summed E-state index contributed by atoms with van der Waals surface area (Å²) in [5, 5.41) is 2.50. The molecule has 1 amide bonds. The molecule has 0 bridgehead atoms. The molecule has 2 N–H and O–H groups in total. The summed E-state index contributed by atoms with van der Waals surface area (Å²) in [7, 11) is -2.27. The van der Waals surface area contributed by atoms with Crippen LogP contribution in [0.1, 0.15) is 6.92 Å². The van der Waals surface area contributed by atoms with E-state index in [-0.39, 0.29) is 10.8 Å². The van der Waals surface area contributed by atoms with Crippen molar-refractivity contribution >= 4 is 33.4 Å². The van der Waals surface area contributed by atoms with Gasteiger partial charge in [0.25, 0.3) is 15.9 Å². The van der Waals surface area contributed by atoms with Gasteiger partial charge in [0, 0.05) is 16.8 Å². The number of benzene rings is 3. The molecular weight excluding hydrogens is 420 g/mol. The number of ether oxygens (including phenoxy) is 1. The summed E-state index contributed by atoms with van der Waals surface area (Å²) in [6.07, 6.45) is -0.683. The predicted molar refractivity (Wildman–Crippen MR) is 118 cm³/mol. The molecule has 0 saturated heterocycles. The summed E-state index contributed by atoms with van der Waals surface area (Å²) >= 11 is 1.48. The second-order valence-corrected chi connectivity index (χ2v) is 9.16. The van der Waals surface area contributed by atoms with Crippen molar-refractivity contribution in [3.05, 3.63) is 78.9 Å². The Morgan fingerprint density at radius 2 is 1.57 bits per heavy atom. The van der Waals surface area contributed by atoms with Crippen LogP contribution in [0, 0.1) is 0 Å². The number of hydrogen-bond acceptors (Lipinski definition) is 5. The maximum Gasteiger partial charge on any atom is 0.261 e. The van der Waals surface area contributed by atoms with Crippen molar-refractivity contribution in [2.24, 2.45) is 0 Å². The van der Waals surface area contributed by atoms with Crippen LogP contribution in [-0.4, -0.2) is 27.5 Å². The van der Waals surface area contributed by atoms with Gasteiger partial charge >= 0.3 is 0 Å². The summed E-state index contributed by atoms with van der Waals surface area (Å²) in [4.78, 5) is 13.5. The average Bonchev–Trinajstić information content (AvgIpc) is 2.75. The van der Waals surface area contributed by atoms with Gasteiger partial charge in [0.15, 0.2) is 6.10 Å². The van der Waals surface area contributed by atoms with Gasteiger partial charge in [-0.1, -0.05) is 42.1 Å². The van der Waals surface area contributed by atoms with Crippen molar-refractivity contribution in [1.29, 1.82) is 0 Å². The topological polar surface area (TPSA) is 84.5 Å². The Morgan fingerprint density at radius 1 is 0.933 bits per heavy atom. The number of nitrogens with one attached hydrogen (secondary N) is 2. The lowest BCUT2D eigenvalue weighted by Gasteiger charge is -2.14. The number of para-hydroxylation sites is 1. The summed E-state index contributed by atoms with van der Waals surface area (Å²) in [6, 6.07) is 22.9. The third-order valence-corrected chi connectivity index (χ3v) is 6.63. The van der Waals surface area contributed by atoms with Crippen molar-refractivity contribution in [2.45, 2.75) is 27.7 Å². The third kappa shape index (κ3) is 5.55. The molecule has 0 radical (unpaired) electrons. The Bertz CT molecular complexity index is 1100. The number of sulfonamides is 1. The number of carbonyl (C=O) groups excluding carboxylic acids is 1. The molecule has 0 unspecified atom stereocenters. The minimum absolute atomic E-state index is 0.0990. The minimum atomic E-state index is -3.79. The lowest BCUT2D eigenvalue weighted by atomic mass is 10.3. The van der Waals surface area contributed by atoms with Crippen molar-refractivity contribution in [1.82, 2.24) is 5.32 Å². The van der Waals surface area contributed by atoms with E-state index in [1.54, 1.807) is 19.1 Å². The first-order valence-electron chi connectivity index (χ1n) is 9.22. The highest BCUT2D eigenvalue weighted by molar-refractivity contribution is 7.99. The van der Waals surface area contributed by atoms with Crippen molar-refractivity contribution < 1.29 is 17.9 Å². The monoisotopic (exact) mass is 442 g/mol. The van der Waals surface area contributed by atoms with Crippen LogP contribution >= 0.6 is 11.8 Å². The van der Waals surface area contributed by atoms with Crippen LogP contribution in [0.4, 0.5) is 5.69 Å². The van der Waals surface area contributed by atoms with Gasteiger partial charge in [-0.25, -0.2) is 8.42 Å². The van der Waals surface area contributed by atoms with E-state index in [0.717, 1.165) is 9.79 Å². The van der Waals surface area contributed by atoms with Gasteiger partial charge in [-0.15, -0.1) is 0 Å². The minimum Gasteiger partial charge on any atom is -0.481 e. The fourth-order valence-electron chi connectivity index (χ4n) is 2.62. The number of rotatable bonds is 8. The van der Waals surface area contributed by atoms with E-state index >= 15 is 0 Å². The first kappa shape index (κ1) is 21.7. The van der Waals surface area contributed by atoms with Crippen LogP contribution in [0.3, 0.4) is 0 Å². The molecule has 0 aromatic heterocycles. The molecule has 0 saturated carbocycles. The third-order valence-electron chi connectivity index (χ3n) is 4.16. The number of carbonyl (C=O) groups is 1. The molecular formula is C22H22N2O4S2. The zero-order valence-corrected chi connectivity index (χ0v) is 18.2. The highest BCUT2D eigenvalue weighted by Crippen LogP contribution is 2.34. The average molecular weight is 443 g/mol. The Balaban J connectivity index is 1.76. The maximum absolute atomic E-state index is 12.9. The zero-order chi connectivity index (χ0) is 21.6. The molecule has 0 aliphatic heterocycles. The molecule has 30 heavy (non-hydrogen) atoms. The van der Waals surface area contributed by atoms with Gasteiger partial charge in [-0.05, 0) is 55.5 Å². The van der Waals surface area contributed by atoms with Crippen LogP contribution < -0.4 is 14.8 Å². The van der Waals surface area contributed by atoms with Gasteiger partial charge < -0.3 is 10.1 Å². The summed E-state index contributed by atoms with van der Waals surface area (Å²) in [5.41, 5.74) is 0.500. The summed E-state index contributed by atoms with van der Waals surface area (Å²) in [6.45, 7) is 1.62. The predicted octanol–water partition coefficient (Wildman–Crippen LogP) is 4.15. The number of amides is 1. The van der Waals surface area contributed by atoms with Crippen LogP contribution in [0.5, 0.6) is 5.75 Å². The molecule has 0 spiro atoms. The van der Waals surface area contributed by atoms with Crippen LogP contribution in [0.2, 0.25) is 0 Å². The van der Waals surface area contributed by atoms with Gasteiger partial charge in [-0.2, -0.15) is 0 Å². The fourth-order valence-corrected chi connectivity index (χ4v) is 4.68. The van der Waals surface area contributed by atoms with Gasteiger partial charge in [0.2, 0.25) is 0 Å². The Labute approximate surface area is 180 Å². The maximum atomic E-state index is 12.9. The SMILES string of the molecule is CNC(=O)[C@H](C)Oc1ccc(S(=O)(=O)Nc2ccccc2Sc2ccccc2)cc1. The van der Waals surface area contributed by atoms with E-state index in [9.17, 15) is 13.2 Å². The molecule has 0 fully saturated rings. The molecule has 3 aromatic rings. The number of anilines is 1. The molecule has 3 rings (SSSR count). The second kappa shape index (κ2) is 9.69. The molecule has 156 valence electrons. The van der Waals surface area contributed by atoms with E-state index in [2.05, 4.69) is 10.0 Å². The normalized spacial score (nSPS) is 12.1. The lowest BCUT2D eigenvalue weighted by molar-refractivity contribution is -0.126. The van der Waals surface area contributed by atoms with E-state index in [0.29, 0.717) is 11.4 Å². The van der Waals surface area contributed by atoms with Crippen LogP contribution in [0.15, 0.2) is 93.5 Å². The van der Waals surface area contributed by atoms with E-state index in [4.69, 9.17) is 4.74 Å². The standard InChI is InChI=1S/C22H22N2O4S2/c1-16(22(25)23-2)28-17-12-14-19(15-13-17)30(26,27)24-20-10-6-7-11-21(20)29-18-8-4-3-5-9-18/h3-16,24H,1-2H3,(H,23,25)/t16-/m0/s1. The van der Waals surface area contributed by atoms with Gasteiger partial charge in [-0.3, -0.25) is 9.52 Å². The quantitative estimate of drug-likeness (QED) is 0.547. The van der Waals surface area contributed by atoms with Crippen LogP contribution in [-0.2, 0) is 14.8 Å². The van der Waals surface area contributed by atoms with E-state index in [1.165, 1.54) is 43.1 Å². The Kier molecular flexibility index (Phi) is 7.02. The molecule has 6 nitrogen and oxygen atoms in total. The molecule has 0 aliphatic rings. The highest BCUT2D eigenvalue weighted by atomic mass is 32.2. The highest BCUT2D eigenvalue weighted by Gasteiger charge is 2.18. The first-order valence-corrected chi connectivity index (χ1v) is 11.5. The van der Waals surface area contributed by atoms with Crippen molar-refractivity contribution in [3.63, 3.8) is 0 Å². The van der Waals surface area contributed by atoms with Gasteiger partial charge in [0.05, 0.1) is 10.6 Å². The fraction of sp³-hybridized carbons (Fsp3) is 0.136. The molecule has 8 heteroatoms. The molecule has 1 atom stereocenters.